The minimum Gasteiger partial charge on any atom is -0.322 e. The zero-order valence-electron chi connectivity index (χ0n) is 3.39. The van der Waals surface area contributed by atoms with Gasteiger partial charge in [-0.15, -0.1) is 0 Å². The van der Waals surface area contributed by atoms with E-state index in [2.05, 4.69) is 0 Å². The van der Waals surface area contributed by atoms with Crippen LogP contribution in [0.2, 0.25) is 0 Å². The molecule has 0 rings (SSSR count). The Morgan fingerprint density at radius 1 is 1.17 bits per heavy atom. The van der Waals surface area contributed by atoms with Crippen LogP contribution in [0.4, 0.5) is 0 Å². The van der Waals surface area contributed by atoms with E-state index in [1.807, 2.05) is 0 Å². The molecule has 6 heavy (non-hydrogen) atoms. The lowest BCUT2D eigenvalue weighted by Gasteiger charge is -2.12. The Hall–Kier alpha value is -0.160. The maximum atomic E-state index is 4.91. The van der Waals surface area contributed by atoms with E-state index in [0.29, 0.717) is 0 Å². The lowest BCUT2D eigenvalue weighted by Crippen LogP contribution is -2.59. The van der Waals surface area contributed by atoms with Crippen molar-refractivity contribution < 1.29 is 0 Å². The summed E-state index contributed by atoms with van der Waals surface area (Å²) >= 11 is 0. The van der Waals surface area contributed by atoms with E-state index >= 15 is 0 Å². The molecule has 0 atom stereocenters. The van der Waals surface area contributed by atoms with Gasteiger partial charge in [0.05, 0.1) is 6.54 Å². The smallest absolute Gasteiger partial charge is 0.133 e. The average molecular weight is 89.1 g/mol. The van der Waals surface area contributed by atoms with Gasteiger partial charge in [0.2, 0.25) is 0 Å². The van der Waals surface area contributed by atoms with Crippen molar-refractivity contribution in [3.8, 4) is 0 Å². The molecule has 0 aromatic heterocycles. The van der Waals surface area contributed by atoms with E-state index in [9.17, 15) is 0 Å². The highest BCUT2D eigenvalue weighted by Crippen LogP contribution is 1.70. The molecule has 8 N–H and O–H groups in total. The summed E-state index contributed by atoms with van der Waals surface area (Å²) in [4.78, 5) is 0. The van der Waals surface area contributed by atoms with Crippen molar-refractivity contribution in [2.75, 3.05) is 0 Å². The van der Waals surface area contributed by atoms with Crippen LogP contribution in [0.1, 0.15) is 0 Å². The minimum absolute atomic E-state index is 1.02. The fourth-order valence-corrected chi connectivity index (χ4v) is 0. The first-order valence-electron chi connectivity index (χ1n) is 1.49. The highest BCUT2D eigenvalue weighted by molar-refractivity contribution is 4.79. The van der Waals surface area contributed by atoms with Crippen LogP contribution < -0.4 is 22.9 Å². The first kappa shape index (κ1) is 5.84. The van der Waals surface area contributed by atoms with Crippen LogP contribution in [0.25, 0.3) is 0 Å². The minimum atomic E-state index is -1.31. The lowest BCUT2D eigenvalue weighted by atomic mass is 10.4. The number of rotatable bonds is 1. The van der Waals surface area contributed by atoms with Gasteiger partial charge < -0.3 is 5.73 Å². The molecule has 0 saturated carbocycles. The van der Waals surface area contributed by atoms with Crippen molar-refractivity contribution in [2.24, 2.45) is 22.9 Å². The van der Waals surface area contributed by atoms with Gasteiger partial charge in [-0.2, -0.15) is 0 Å². The van der Waals surface area contributed by atoms with Gasteiger partial charge in [0.25, 0.3) is 0 Å². The third kappa shape index (κ3) is 3.84. The molecule has 37 valence electrons. The van der Waals surface area contributed by atoms with Crippen molar-refractivity contribution in [1.29, 1.82) is 0 Å². The Kier molecular flexibility index (Phi) is 1.48. The Morgan fingerprint density at radius 3 is 1.33 bits per heavy atom. The van der Waals surface area contributed by atoms with Gasteiger partial charge in [-0.05, 0) is 0 Å². The van der Waals surface area contributed by atoms with Gasteiger partial charge in [0.15, 0.2) is 0 Å². The summed E-state index contributed by atoms with van der Waals surface area (Å²) < 4.78 is 0. The Labute approximate surface area is 36.5 Å². The zero-order valence-corrected chi connectivity index (χ0v) is 3.39. The van der Waals surface area contributed by atoms with Crippen molar-refractivity contribution in [1.82, 2.24) is 0 Å². The number of hydrogen-bond donors (Lipinski definition) is 4. The van der Waals surface area contributed by atoms with Gasteiger partial charge in [0, 0.05) is 0 Å². The first-order chi connectivity index (χ1) is 2.56. The molecular weight excluding hydrogens is 80.0 g/mol. The van der Waals surface area contributed by atoms with Crippen LogP contribution >= 0.6 is 0 Å². The van der Waals surface area contributed by atoms with E-state index in [1.54, 1.807) is 0 Å². The lowest BCUT2D eigenvalue weighted by molar-refractivity contribution is 0.532. The second-order valence-corrected chi connectivity index (χ2v) is 1.17. The van der Waals surface area contributed by atoms with Crippen molar-refractivity contribution >= 4 is 0 Å². The fourth-order valence-electron chi connectivity index (χ4n) is 0. The van der Waals surface area contributed by atoms with Gasteiger partial charge in [-0.3, -0.25) is 17.2 Å². The molecule has 0 spiro atoms. The standard InChI is InChI=1S/C2H9N4/c3-1-2(4,5)6/h1H,3-6H2. The van der Waals surface area contributed by atoms with Crippen LogP contribution in [0.3, 0.4) is 0 Å². The van der Waals surface area contributed by atoms with Gasteiger partial charge in [-0.25, -0.2) is 0 Å². The third-order valence-electron chi connectivity index (χ3n) is 0.289. The molecule has 0 aromatic rings. The first-order valence-corrected chi connectivity index (χ1v) is 1.49. The highest BCUT2D eigenvalue weighted by Gasteiger charge is 2.05. The van der Waals surface area contributed by atoms with Crippen molar-refractivity contribution in [2.45, 2.75) is 5.79 Å². The Morgan fingerprint density at radius 2 is 1.33 bits per heavy atom. The maximum absolute atomic E-state index is 4.91. The predicted molar refractivity (Wildman–Crippen MR) is 23.8 cm³/mol. The molecular formula is C2H9N4. The molecule has 0 amide bonds. The summed E-state index contributed by atoms with van der Waals surface area (Å²) in [5.41, 5.74) is 19.5. The molecule has 0 unspecified atom stereocenters. The summed E-state index contributed by atoms with van der Waals surface area (Å²) in [6, 6.07) is 0. The molecule has 0 fully saturated rings. The maximum Gasteiger partial charge on any atom is 0.133 e. The SMILES string of the molecule is N[CH]C(N)(N)N. The zero-order chi connectivity index (χ0) is 5.21. The van der Waals surface area contributed by atoms with Gasteiger partial charge in [0.1, 0.15) is 5.79 Å². The predicted octanol–water partition coefficient (Wildman–Crippen LogP) is -2.36. The van der Waals surface area contributed by atoms with Gasteiger partial charge >= 0.3 is 0 Å². The molecule has 4 nitrogen and oxygen atoms in total. The highest BCUT2D eigenvalue weighted by atomic mass is 15.1. The summed E-state index contributed by atoms with van der Waals surface area (Å²) in [5, 5.41) is 0. The summed E-state index contributed by atoms with van der Waals surface area (Å²) in [6.45, 7) is 1.02. The third-order valence-corrected chi connectivity index (χ3v) is 0.289. The van der Waals surface area contributed by atoms with Crippen molar-refractivity contribution in [3.05, 3.63) is 6.54 Å². The van der Waals surface area contributed by atoms with E-state index in [0.717, 1.165) is 6.54 Å². The molecule has 0 aliphatic heterocycles. The van der Waals surface area contributed by atoms with E-state index in [-0.39, 0.29) is 0 Å². The molecule has 0 aliphatic rings. The van der Waals surface area contributed by atoms with Crippen LogP contribution in [0.5, 0.6) is 0 Å². The molecule has 0 aromatic carbocycles. The molecule has 0 bridgehead atoms. The van der Waals surface area contributed by atoms with Crippen LogP contribution in [0.15, 0.2) is 0 Å². The second-order valence-electron chi connectivity index (χ2n) is 1.17. The summed E-state index contributed by atoms with van der Waals surface area (Å²) in [5.74, 6) is -1.31. The molecule has 4 heteroatoms. The molecule has 0 heterocycles. The molecule has 0 saturated heterocycles. The summed E-state index contributed by atoms with van der Waals surface area (Å²) in [7, 11) is 0. The Balaban J connectivity index is 3.17. The van der Waals surface area contributed by atoms with Crippen molar-refractivity contribution in [3.63, 3.8) is 0 Å². The van der Waals surface area contributed by atoms with Crippen LogP contribution in [0, 0.1) is 6.54 Å². The second kappa shape index (κ2) is 1.53. The van der Waals surface area contributed by atoms with Crippen LogP contribution in [-0.2, 0) is 0 Å². The van der Waals surface area contributed by atoms with Crippen LogP contribution in [-0.4, -0.2) is 5.79 Å². The fraction of sp³-hybridized carbons (Fsp3) is 0.500. The number of hydrogen-bond acceptors (Lipinski definition) is 4. The van der Waals surface area contributed by atoms with E-state index < -0.39 is 5.79 Å². The quantitative estimate of drug-likeness (QED) is 0.270. The topological polar surface area (TPSA) is 104 Å². The summed E-state index contributed by atoms with van der Waals surface area (Å²) in [6.07, 6.45) is 0. The monoisotopic (exact) mass is 89.1 g/mol. The van der Waals surface area contributed by atoms with E-state index in [1.165, 1.54) is 0 Å². The Bertz CT molecular complexity index is 35.3. The van der Waals surface area contributed by atoms with Gasteiger partial charge in [-0.1, -0.05) is 0 Å². The molecule has 0 aliphatic carbocycles. The van der Waals surface area contributed by atoms with E-state index in [4.69, 9.17) is 22.9 Å². The number of nitrogens with two attached hydrogens (primary N) is 4. The largest absolute Gasteiger partial charge is 0.322 e. The average Bonchev–Trinajstić information content (AvgIpc) is 1.35. The molecule has 1 radical (unpaired) electrons. The normalized spacial score (nSPS) is 12.0.